The Kier molecular flexibility index (Phi) is 3.41. The lowest BCUT2D eigenvalue weighted by Crippen LogP contribution is -2.10. The van der Waals surface area contributed by atoms with E-state index in [2.05, 4.69) is 27.6 Å². The molecule has 3 nitrogen and oxygen atoms in total. The first-order valence-electron chi connectivity index (χ1n) is 3.74. The minimum absolute atomic E-state index is 0.00762. The normalized spacial score (nSPS) is 28.2. The third kappa shape index (κ3) is 2.33. The fraction of sp³-hybridized carbons (Fsp3) is 0.571. The highest BCUT2D eigenvalue weighted by atomic mass is 127. The second kappa shape index (κ2) is 4.39. The van der Waals surface area contributed by atoms with Gasteiger partial charge in [0, 0.05) is 0 Å². The van der Waals surface area contributed by atoms with Crippen LogP contribution in [0, 0.1) is 2.88 Å². The third-order valence-electron chi connectivity index (χ3n) is 1.62. The van der Waals surface area contributed by atoms with Crippen molar-refractivity contribution in [3.63, 3.8) is 0 Å². The van der Waals surface area contributed by atoms with E-state index in [4.69, 9.17) is 21.1 Å². The molecule has 6 heteroatoms. The monoisotopic (exact) mass is 331 g/mol. The molecule has 1 fully saturated rings. The maximum Gasteiger partial charge on any atom is 0.211 e. The van der Waals surface area contributed by atoms with Gasteiger partial charge in [-0.3, -0.25) is 0 Å². The second-order valence-electron chi connectivity index (χ2n) is 2.58. The van der Waals surface area contributed by atoms with Crippen molar-refractivity contribution in [3.05, 3.63) is 14.1 Å². The number of nitrogens with zero attached hydrogens (tertiary/aromatic N) is 1. The number of ether oxygens (including phenoxy) is 2. The molecule has 1 aliphatic rings. The van der Waals surface area contributed by atoms with Gasteiger partial charge in [-0.1, -0.05) is 0 Å². The number of halogens is 2. The lowest BCUT2D eigenvalue weighted by molar-refractivity contribution is -0.0568. The molecule has 1 aliphatic heterocycles. The van der Waals surface area contributed by atoms with Gasteiger partial charge in [0.1, 0.15) is 5.01 Å². The van der Waals surface area contributed by atoms with Crippen LogP contribution in [0.4, 0.5) is 0 Å². The molecule has 0 bridgehead atoms. The lowest BCUT2D eigenvalue weighted by atomic mass is 10.4. The summed E-state index contributed by atoms with van der Waals surface area (Å²) in [7, 11) is 0. The molecule has 2 unspecified atom stereocenters. The standard InChI is InChI=1S/C7H7ClINO2S/c8-1-4-3-11-7(12-4)6-10-2-5(9)13-6/h2,4,7H,1,3H2. The average molecular weight is 332 g/mol. The number of hydrogen-bond acceptors (Lipinski definition) is 4. The van der Waals surface area contributed by atoms with Crippen LogP contribution in [0.3, 0.4) is 0 Å². The number of aromatic nitrogens is 1. The maximum absolute atomic E-state index is 5.64. The molecular formula is C7H7ClINO2S. The summed E-state index contributed by atoms with van der Waals surface area (Å²) in [5.41, 5.74) is 0. The SMILES string of the molecule is ClCC1COC(c2ncc(I)s2)O1. The first kappa shape index (κ1) is 10.1. The topological polar surface area (TPSA) is 31.4 Å². The van der Waals surface area contributed by atoms with Crippen molar-refractivity contribution in [1.82, 2.24) is 4.98 Å². The highest BCUT2D eigenvalue weighted by molar-refractivity contribution is 14.1. The Morgan fingerprint density at radius 2 is 2.62 bits per heavy atom. The van der Waals surface area contributed by atoms with Crippen molar-refractivity contribution in [3.8, 4) is 0 Å². The molecule has 0 aromatic carbocycles. The molecule has 2 atom stereocenters. The zero-order valence-electron chi connectivity index (χ0n) is 6.57. The molecule has 0 saturated carbocycles. The van der Waals surface area contributed by atoms with E-state index in [9.17, 15) is 0 Å². The van der Waals surface area contributed by atoms with Crippen LogP contribution in [0.15, 0.2) is 6.20 Å². The van der Waals surface area contributed by atoms with Crippen LogP contribution in [-0.2, 0) is 9.47 Å². The van der Waals surface area contributed by atoms with Crippen molar-refractivity contribution < 1.29 is 9.47 Å². The molecule has 72 valence electrons. The molecule has 1 aromatic rings. The van der Waals surface area contributed by atoms with E-state index in [0.29, 0.717) is 12.5 Å². The zero-order chi connectivity index (χ0) is 9.26. The van der Waals surface area contributed by atoms with Crippen LogP contribution >= 0.6 is 45.5 Å². The summed E-state index contributed by atoms with van der Waals surface area (Å²) in [5.74, 6) is 0.471. The summed E-state index contributed by atoms with van der Waals surface area (Å²) < 4.78 is 12.0. The van der Waals surface area contributed by atoms with E-state index in [1.807, 2.05) is 0 Å². The molecule has 2 rings (SSSR count). The number of thiazole rings is 1. The first-order chi connectivity index (χ1) is 6.29. The van der Waals surface area contributed by atoms with Gasteiger partial charge in [-0.05, 0) is 22.6 Å². The Morgan fingerprint density at radius 1 is 1.77 bits per heavy atom. The number of hydrogen-bond donors (Lipinski definition) is 0. The molecular weight excluding hydrogens is 325 g/mol. The lowest BCUT2D eigenvalue weighted by Gasteiger charge is -2.05. The predicted molar refractivity (Wildman–Crippen MR) is 59.1 cm³/mol. The highest BCUT2D eigenvalue weighted by Gasteiger charge is 2.28. The largest absolute Gasteiger partial charge is 0.344 e. The van der Waals surface area contributed by atoms with Gasteiger partial charge in [-0.2, -0.15) is 0 Å². The van der Waals surface area contributed by atoms with Gasteiger partial charge < -0.3 is 9.47 Å². The second-order valence-corrected chi connectivity index (χ2v) is 5.85. The Balaban J connectivity index is 2.03. The van der Waals surface area contributed by atoms with E-state index in [1.165, 1.54) is 0 Å². The van der Waals surface area contributed by atoms with E-state index in [-0.39, 0.29) is 12.4 Å². The fourth-order valence-electron chi connectivity index (χ4n) is 1.03. The molecule has 1 aromatic heterocycles. The van der Waals surface area contributed by atoms with Gasteiger partial charge in [0.25, 0.3) is 0 Å². The van der Waals surface area contributed by atoms with Crippen LogP contribution in [0.25, 0.3) is 0 Å². The van der Waals surface area contributed by atoms with Crippen molar-refractivity contribution in [2.45, 2.75) is 12.4 Å². The maximum atomic E-state index is 5.64. The van der Waals surface area contributed by atoms with Crippen LogP contribution in [0.1, 0.15) is 11.3 Å². The number of alkyl halides is 1. The minimum atomic E-state index is -0.308. The van der Waals surface area contributed by atoms with Gasteiger partial charge in [0.15, 0.2) is 0 Å². The fourth-order valence-corrected chi connectivity index (χ4v) is 2.64. The van der Waals surface area contributed by atoms with Crippen molar-refractivity contribution in [1.29, 1.82) is 0 Å². The van der Waals surface area contributed by atoms with E-state index < -0.39 is 0 Å². The average Bonchev–Trinajstić information content (AvgIpc) is 2.71. The van der Waals surface area contributed by atoms with Crippen molar-refractivity contribution >= 4 is 45.5 Å². The Bertz CT molecular complexity index is 296. The summed E-state index contributed by atoms with van der Waals surface area (Å²) >= 11 is 9.44. The van der Waals surface area contributed by atoms with Gasteiger partial charge >= 0.3 is 0 Å². The molecule has 0 spiro atoms. The summed E-state index contributed by atoms with van der Waals surface area (Å²) in [6.45, 7) is 0.560. The molecule has 2 heterocycles. The summed E-state index contributed by atoms with van der Waals surface area (Å²) in [4.78, 5) is 4.18. The molecule has 0 aliphatic carbocycles. The predicted octanol–water partition coefficient (Wildman–Crippen LogP) is 2.40. The Hall–Kier alpha value is 0.570. The van der Waals surface area contributed by atoms with Gasteiger partial charge in [-0.15, -0.1) is 22.9 Å². The Morgan fingerprint density at radius 3 is 3.15 bits per heavy atom. The van der Waals surface area contributed by atoms with Crippen molar-refractivity contribution in [2.24, 2.45) is 0 Å². The smallest absolute Gasteiger partial charge is 0.211 e. The zero-order valence-corrected chi connectivity index (χ0v) is 10.3. The van der Waals surface area contributed by atoms with Crippen LogP contribution in [0.2, 0.25) is 0 Å². The third-order valence-corrected chi connectivity index (χ3v) is 3.71. The van der Waals surface area contributed by atoms with Crippen molar-refractivity contribution in [2.75, 3.05) is 12.5 Å². The van der Waals surface area contributed by atoms with Crippen LogP contribution in [-0.4, -0.2) is 23.6 Å². The molecule has 1 saturated heterocycles. The minimum Gasteiger partial charge on any atom is -0.344 e. The quantitative estimate of drug-likeness (QED) is 0.616. The molecule has 0 amide bonds. The van der Waals surface area contributed by atoms with E-state index in [1.54, 1.807) is 17.5 Å². The molecule has 13 heavy (non-hydrogen) atoms. The summed E-state index contributed by atoms with van der Waals surface area (Å²) in [6.07, 6.45) is 1.51. The summed E-state index contributed by atoms with van der Waals surface area (Å²) in [6, 6.07) is 0. The van der Waals surface area contributed by atoms with Gasteiger partial charge in [0.05, 0.1) is 27.7 Å². The van der Waals surface area contributed by atoms with Crippen LogP contribution < -0.4 is 0 Å². The van der Waals surface area contributed by atoms with E-state index in [0.717, 1.165) is 7.89 Å². The van der Waals surface area contributed by atoms with Gasteiger partial charge in [0.2, 0.25) is 6.29 Å². The Labute approximate surface area is 98.5 Å². The molecule has 0 N–H and O–H groups in total. The molecule has 0 radical (unpaired) electrons. The summed E-state index contributed by atoms with van der Waals surface area (Å²) in [5, 5.41) is 0.872. The first-order valence-corrected chi connectivity index (χ1v) is 6.17. The van der Waals surface area contributed by atoms with Crippen LogP contribution in [0.5, 0.6) is 0 Å². The number of rotatable bonds is 2. The highest BCUT2D eigenvalue weighted by Crippen LogP contribution is 2.30. The van der Waals surface area contributed by atoms with Gasteiger partial charge in [-0.25, -0.2) is 4.98 Å². The van der Waals surface area contributed by atoms with E-state index >= 15 is 0 Å².